The van der Waals surface area contributed by atoms with E-state index in [1.54, 1.807) is 24.0 Å². The van der Waals surface area contributed by atoms with Crippen LogP contribution < -0.4 is 0 Å². The van der Waals surface area contributed by atoms with Crippen LogP contribution >= 0.6 is 0 Å². The Labute approximate surface area is 116 Å². The number of nitrogens with zero attached hydrogens (tertiary/aromatic N) is 2. The maximum Gasteiger partial charge on any atom is 0.335 e. The van der Waals surface area contributed by atoms with Gasteiger partial charge in [-0.25, -0.2) is 13.2 Å². The number of carboxylic acid groups (broad SMARTS) is 1. The number of rotatable bonds is 5. The summed E-state index contributed by atoms with van der Waals surface area (Å²) in [7, 11) is -1.68. The van der Waals surface area contributed by atoms with Gasteiger partial charge in [0.05, 0.1) is 16.2 Å². The maximum atomic E-state index is 12.1. The summed E-state index contributed by atoms with van der Waals surface area (Å²) < 4.78 is 25.9. The first-order chi connectivity index (χ1) is 9.40. The van der Waals surface area contributed by atoms with Gasteiger partial charge in [0.2, 0.25) is 0 Å². The van der Waals surface area contributed by atoms with E-state index in [-0.39, 0.29) is 16.2 Å². The number of aromatic carboxylic acids is 1. The first kappa shape index (κ1) is 14.3. The fourth-order valence-electron chi connectivity index (χ4n) is 1.81. The van der Waals surface area contributed by atoms with Gasteiger partial charge in [-0.15, -0.1) is 0 Å². The molecule has 2 rings (SSSR count). The topological polar surface area (TPSA) is 89.3 Å². The van der Waals surface area contributed by atoms with Crippen molar-refractivity contribution >= 4 is 15.8 Å². The molecule has 6 nitrogen and oxygen atoms in total. The number of aryl methyl sites for hydroxylation is 2. The smallest absolute Gasteiger partial charge is 0.335 e. The van der Waals surface area contributed by atoms with Crippen LogP contribution in [0.3, 0.4) is 0 Å². The third-order valence-electron chi connectivity index (χ3n) is 3.01. The van der Waals surface area contributed by atoms with Crippen molar-refractivity contribution < 1.29 is 18.3 Å². The number of hydrogen-bond donors (Lipinski definition) is 1. The van der Waals surface area contributed by atoms with E-state index in [0.717, 1.165) is 5.69 Å². The predicted octanol–water partition coefficient (Wildman–Crippen LogP) is 1.13. The van der Waals surface area contributed by atoms with Gasteiger partial charge in [-0.2, -0.15) is 5.10 Å². The largest absolute Gasteiger partial charge is 0.478 e. The Hall–Kier alpha value is -2.15. The van der Waals surface area contributed by atoms with Gasteiger partial charge in [0.1, 0.15) is 0 Å². The molecule has 1 N–H and O–H groups in total. The summed E-state index contributed by atoms with van der Waals surface area (Å²) in [6.45, 7) is 0. The van der Waals surface area contributed by atoms with Gasteiger partial charge in [-0.1, -0.05) is 0 Å². The average Bonchev–Trinajstić information content (AvgIpc) is 2.82. The Morgan fingerprint density at radius 1 is 1.25 bits per heavy atom. The molecule has 0 aliphatic carbocycles. The molecule has 0 aliphatic rings. The van der Waals surface area contributed by atoms with Gasteiger partial charge >= 0.3 is 5.97 Å². The highest BCUT2D eigenvalue weighted by atomic mass is 32.2. The molecule has 0 radical (unpaired) electrons. The minimum absolute atomic E-state index is 0.0427. The Morgan fingerprint density at radius 2 is 1.90 bits per heavy atom. The summed E-state index contributed by atoms with van der Waals surface area (Å²) >= 11 is 0. The van der Waals surface area contributed by atoms with E-state index in [2.05, 4.69) is 5.10 Å². The van der Waals surface area contributed by atoms with E-state index < -0.39 is 15.8 Å². The molecule has 0 spiro atoms. The second-order valence-corrected chi connectivity index (χ2v) is 6.45. The Morgan fingerprint density at radius 3 is 2.40 bits per heavy atom. The summed E-state index contributed by atoms with van der Waals surface area (Å²) in [5.41, 5.74) is 0.895. The molecule has 20 heavy (non-hydrogen) atoms. The highest BCUT2D eigenvalue weighted by molar-refractivity contribution is 7.91. The number of aromatic nitrogens is 2. The predicted molar refractivity (Wildman–Crippen MR) is 72.4 cm³/mol. The highest BCUT2D eigenvalue weighted by Crippen LogP contribution is 2.14. The van der Waals surface area contributed by atoms with Gasteiger partial charge in [0.15, 0.2) is 9.84 Å². The lowest BCUT2D eigenvalue weighted by atomic mass is 10.2. The lowest BCUT2D eigenvalue weighted by Crippen LogP contribution is -2.11. The second-order valence-electron chi connectivity index (χ2n) is 4.34. The molecular weight excluding hydrogens is 280 g/mol. The summed E-state index contributed by atoms with van der Waals surface area (Å²) in [4.78, 5) is 10.9. The standard InChI is InChI=1S/C13H14N2O4S/c1-15-11(6-8-14-15)7-9-20(18,19)12-4-2-10(3-5-12)13(16)17/h2-6,8H,7,9H2,1H3,(H,16,17). The molecule has 0 fully saturated rings. The van der Waals surface area contributed by atoms with Gasteiger partial charge < -0.3 is 5.11 Å². The third kappa shape index (κ3) is 3.05. The van der Waals surface area contributed by atoms with Crippen LogP contribution in [0.5, 0.6) is 0 Å². The van der Waals surface area contributed by atoms with Gasteiger partial charge in [-0.3, -0.25) is 4.68 Å². The zero-order valence-corrected chi connectivity index (χ0v) is 11.7. The number of benzene rings is 1. The fraction of sp³-hybridized carbons (Fsp3) is 0.231. The molecule has 2 aromatic rings. The van der Waals surface area contributed by atoms with Crippen molar-refractivity contribution in [3.05, 3.63) is 47.8 Å². The monoisotopic (exact) mass is 294 g/mol. The Balaban J connectivity index is 2.14. The first-order valence-electron chi connectivity index (χ1n) is 5.93. The molecule has 1 heterocycles. The summed E-state index contributed by atoms with van der Waals surface area (Å²) in [6.07, 6.45) is 1.98. The zero-order valence-electron chi connectivity index (χ0n) is 10.9. The highest BCUT2D eigenvalue weighted by Gasteiger charge is 2.16. The van der Waals surface area contributed by atoms with Crippen molar-refractivity contribution in [2.24, 2.45) is 7.05 Å². The molecule has 0 atom stereocenters. The zero-order chi connectivity index (χ0) is 14.8. The molecule has 1 aromatic carbocycles. The van der Waals surface area contributed by atoms with Crippen LogP contribution in [0.2, 0.25) is 0 Å². The number of hydrogen-bond acceptors (Lipinski definition) is 4. The molecular formula is C13H14N2O4S. The quantitative estimate of drug-likeness (QED) is 0.893. The van der Waals surface area contributed by atoms with Gasteiger partial charge in [0, 0.05) is 25.4 Å². The molecule has 7 heteroatoms. The van der Waals surface area contributed by atoms with Crippen molar-refractivity contribution in [2.45, 2.75) is 11.3 Å². The van der Waals surface area contributed by atoms with E-state index in [4.69, 9.17) is 5.11 Å². The van der Waals surface area contributed by atoms with Gasteiger partial charge in [0.25, 0.3) is 0 Å². The fourth-order valence-corrected chi connectivity index (χ4v) is 3.07. The van der Waals surface area contributed by atoms with Crippen molar-refractivity contribution in [1.82, 2.24) is 9.78 Å². The van der Waals surface area contributed by atoms with Crippen molar-refractivity contribution in [1.29, 1.82) is 0 Å². The molecule has 0 bridgehead atoms. The minimum Gasteiger partial charge on any atom is -0.478 e. The van der Waals surface area contributed by atoms with Crippen molar-refractivity contribution in [3.63, 3.8) is 0 Å². The molecule has 0 saturated carbocycles. The normalized spacial score (nSPS) is 11.4. The van der Waals surface area contributed by atoms with E-state index in [1.807, 2.05) is 0 Å². The summed E-state index contributed by atoms with van der Waals surface area (Å²) in [6, 6.07) is 6.99. The van der Waals surface area contributed by atoms with Gasteiger partial charge in [-0.05, 0) is 30.3 Å². The number of carbonyl (C=O) groups is 1. The second kappa shape index (κ2) is 5.46. The van der Waals surface area contributed by atoms with Crippen LogP contribution in [0.25, 0.3) is 0 Å². The maximum absolute atomic E-state index is 12.1. The van der Waals surface area contributed by atoms with Crippen LogP contribution in [0.4, 0.5) is 0 Å². The number of carboxylic acids is 1. The van der Waals surface area contributed by atoms with E-state index in [1.165, 1.54) is 24.3 Å². The van der Waals surface area contributed by atoms with E-state index >= 15 is 0 Å². The summed E-state index contributed by atoms with van der Waals surface area (Å²) in [5, 5.41) is 12.8. The third-order valence-corrected chi connectivity index (χ3v) is 4.74. The molecule has 1 aromatic heterocycles. The van der Waals surface area contributed by atoms with Crippen molar-refractivity contribution in [2.75, 3.05) is 5.75 Å². The SMILES string of the molecule is Cn1nccc1CCS(=O)(=O)c1ccc(C(=O)O)cc1. The molecule has 0 amide bonds. The molecule has 0 aliphatic heterocycles. The number of sulfone groups is 1. The van der Waals surface area contributed by atoms with Crippen LogP contribution in [0.1, 0.15) is 16.1 Å². The minimum atomic E-state index is -3.43. The van der Waals surface area contributed by atoms with Crippen LogP contribution in [-0.2, 0) is 23.3 Å². The molecule has 106 valence electrons. The Kier molecular flexibility index (Phi) is 3.89. The van der Waals surface area contributed by atoms with Crippen LogP contribution in [0.15, 0.2) is 41.4 Å². The summed E-state index contributed by atoms with van der Waals surface area (Å²) in [5.74, 6) is -1.12. The van der Waals surface area contributed by atoms with E-state index in [0.29, 0.717) is 6.42 Å². The van der Waals surface area contributed by atoms with Crippen LogP contribution in [0, 0.1) is 0 Å². The molecule has 0 unspecified atom stereocenters. The Bertz CT molecular complexity index is 717. The van der Waals surface area contributed by atoms with E-state index in [9.17, 15) is 13.2 Å². The van der Waals surface area contributed by atoms with Crippen molar-refractivity contribution in [3.8, 4) is 0 Å². The lowest BCUT2D eigenvalue weighted by molar-refractivity contribution is 0.0696. The van der Waals surface area contributed by atoms with Crippen LogP contribution in [-0.4, -0.2) is 35.0 Å². The average molecular weight is 294 g/mol. The molecule has 0 saturated heterocycles. The first-order valence-corrected chi connectivity index (χ1v) is 7.58. The lowest BCUT2D eigenvalue weighted by Gasteiger charge is -2.05.